The maximum absolute atomic E-state index is 4.52. The molecule has 0 spiro atoms. The van der Waals surface area contributed by atoms with Crippen LogP contribution in [0.4, 0.5) is 0 Å². The van der Waals surface area contributed by atoms with Gasteiger partial charge in [-0.2, -0.15) is 0 Å². The zero-order chi connectivity index (χ0) is 20.6. The predicted octanol–water partition coefficient (Wildman–Crippen LogP) is 4.09. The van der Waals surface area contributed by atoms with Gasteiger partial charge in [-0.1, -0.05) is 55.0 Å². The Kier molecular flexibility index (Phi) is 6.93. The molecule has 0 bridgehead atoms. The van der Waals surface area contributed by atoms with Crippen LogP contribution < -0.4 is 10.6 Å². The summed E-state index contributed by atoms with van der Waals surface area (Å²) in [5.74, 6) is 0.792. The number of likely N-dealkylation sites (tertiary alicyclic amines) is 1. The standard InChI is InChI=1S/C25H31N5/c1-26-25(29-18-23-8-5-7-22-9-6-14-27-24(22)23)28-17-20-10-12-21(13-11-20)19-30-15-3-2-4-16-30/h5-14H,2-4,15-19H2,1H3,(H2,26,28,29). The molecule has 4 rings (SSSR count). The van der Waals surface area contributed by atoms with E-state index in [0.29, 0.717) is 6.54 Å². The number of piperidine rings is 1. The molecule has 1 fully saturated rings. The van der Waals surface area contributed by atoms with Crippen LogP contribution in [0.3, 0.4) is 0 Å². The van der Waals surface area contributed by atoms with Gasteiger partial charge in [0.25, 0.3) is 0 Å². The van der Waals surface area contributed by atoms with E-state index in [1.54, 1.807) is 7.05 Å². The zero-order valence-electron chi connectivity index (χ0n) is 17.8. The molecule has 156 valence electrons. The molecule has 0 aliphatic carbocycles. The molecule has 2 aromatic carbocycles. The van der Waals surface area contributed by atoms with Crippen LogP contribution in [0.25, 0.3) is 10.9 Å². The molecule has 0 radical (unpaired) electrons. The van der Waals surface area contributed by atoms with Crippen molar-refractivity contribution in [3.05, 3.63) is 77.5 Å². The lowest BCUT2D eigenvalue weighted by Crippen LogP contribution is -2.36. The summed E-state index contributed by atoms with van der Waals surface area (Å²) < 4.78 is 0. The second-order valence-corrected chi connectivity index (χ2v) is 7.92. The monoisotopic (exact) mass is 401 g/mol. The molecular formula is C25H31N5. The van der Waals surface area contributed by atoms with Crippen molar-refractivity contribution in [1.82, 2.24) is 20.5 Å². The smallest absolute Gasteiger partial charge is 0.191 e. The summed E-state index contributed by atoms with van der Waals surface area (Å²) in [6, 6.07) is 19.3. The average Bonchev–Trinajstić information content (AvgIpc) is 2.81. The third-order valence-electron chi connectivity index (χ3n) is 5.72. The number of aliphatic imine (C=N–C) groups is 1. The highest BCUT2D eigenvalue weighted by Crippen LogP contribution is 2.16. The first kappa shape index (κ1) is 20.4. The van der Waals surface area contributed by atoms with Gasteiger partial charge in [0.05, 0.1) is 5.52 Å². The number of benzene rings is 2. The Morgan fingerprint density at radius 1 is 0.900 bits per heavy atom. The fourth-order valence-electron chi connectivity index (χ4n) is 4.03. The van der Waals surface area contributed by atoms with Crippen LogP contribution in [0.15, 0.2) is 65.8 Å². The number of rotatable bonds is 6. The van der Waals surface area contributed by atoms with Crippen molar-refractivity contribution in [3.8, 4) is 0 Å². The summed E-state index contributed by atoms with van der Waals surface area (Å²) >= 11 is 0. The van der Waals surface area contributed by atoms with Crippen molar-refractivity contribution in [2.45, 2.75) is 38.9 Å². The highest BCUT2D eigenvalue weighted by Gasteiger charge is 2.10. The van der Waals surface area contributed by atoms with E-state index >= 15 is 0 Å². The van der Waals surface area contributed by atoms with E-state index in [2.05, 4.69) is 74.0 Å². The van der Waals surface area contributed by atoms with E-state index in [1.807, 2.05) is 12.3 Å². The molecular weight excluding hydrogens is 370 g/mol. The molecule has 30 heavy (non-hydrogen) atoms. The number of nitrogens with zero attached hydrogens (tertiary/aromatic N) is 3. The van der Waals surface area contributed by atoms with Crippen molar-refractivity contribution in [1.29, 1.82) is 0 Å². The third-order valence-corrected chi connectivity index (χ3v) is 5.72. The van der Waals surface area contributed by atoms with Crippen LogP contribution in [-0.2, 0) is 19.6 Å². The van der Waals surface area contributed by atoms with Gasteiger partial charge in [-0.3, -0.25) is 14.9 Å². The summed E-state index contributed by atoms with van der Waals surface area (Å²) in [6.07, 6.45) is 5.90. The van der Waals surface area contributed by atoms with Gasteiger partial charge in [0.2, 0.25) is 0 Å². The molecule has 0 saturated carbocycles. The molecule has 0 amide bonds. The Morgan fingerprint density at radius 3 is 2.43 bits per heavy atom. The van der Waals surface area contributed by atoms with Gasteiger partial charge < -0.3 is 10.6 Å². The highest BCUT2D eigenvalue weighted by atomic mass is 15.2. The topological polar surface area (TPSA) is 52.6 Å². The minimum Gasteiger partial charge on any atom is -0.352 e. The Morgan fingerprint density at radius 2 is 1.63 bits per heavy atom. The van der Waals surface area contributed by atoms with Crippen LogP contribution in [-0.4, -0.2) is 36.0 Å². The van der Waals surface area contributed by atoms with Gasteiger partial charge in [-0.15, -0.1) is 0 Å². The van der Waals surface area contributed by atoms with Crippen LogP contribution in [0, 0.1) is 0 Å². The Labute approximate surface area is 179 Å². The number of nitrogens with one attached hydrogen (secondary N) is 2. The van der Waals surface area contributed by atoms with Gasteiger partial charge in [0, 0.05) is 38.3 Å². The fraction of sp³-hybridized carbons (Fsp3) is 0.360. The van der Waals surface area contributed by atoms with Gasteiger partial charge in [-0.25, -0.2) is 0 Å². The van der Waals surface area contributed by atoms with Crippen molar-refractivity contribution in [2.75, 3.05) is 20.1 Å². The summed E-state index contributed by atoms with van der Waals surface area (Å²) in [4.78, 5) is 11.4. The lowest BCUT2D eigenvalue weighted by Gasteiger charge is -2.26. The highest BCUT2D eigenvalue weighted by molar-refractivity contribution is 5.83. The van der Waals surface area contributed by atoms with E-state index in [9.17, 15) is 0 Å². The number of hydrogen-bond acceptors (Lipinski definition) is 3. The summed E-state index contributed by atoms with van der Waals surface area (Å²) in [6.45, 7) is 4.96. The zero-order valence-corrected chi connectivity index (χ0v) is 17.8. The van der Waals surface area contributed by atoms with E-state index in [0.717, 1.165) is 35.5 Å². The minimum absolute atomic E-state index is 0.683. The average molecular weight is 402 g/mol. The lowest BCUT2D eigenvalue weighted by molar-refractivity contribution is 0.221. The Balaban J connectivity index is 1.29. The van der Waals surface area contributed by atoms with Gasteiger partial charge >= 0.3 is 0 Å². The molecule has 3 aromatic rings. The first-order chi connectivity index (χ1) is 14.8. The summed E-state index contributed by atoms with van der Waals surface area (Å²) in [7, 11) is 1.80. The molecule has 2 heterocycles. The molecule has 1 aliphatic rings. The maximum Gasteiger partial charge on any atom is 0.191 e. The molecule has 1 aliphatic heterocycles. The number of para-hydroxylation sites is 1. The molecule has 2 N–H and O–H groups in total. The van der Waals surface area contributed by atoms with E-state index in [4.69, 9.17) is 0 Å². The van der Waals surface area contributed by atoms with Gasteiger partial charge in [-0.05, 0) is 48.7 Å². The van der Waals surface area contributed by atoms with Gasteiger partial charge in [0.1, 0.15) is 0 Å². The number of guanidine groups is 1. The Bertz CT molecular complexity index is 969. The fourth-order valence-corrected chi connectivity index (χ4v) is 4.03. The number of fused-ring (bicyclic) bond motifs is 1. The van der Waals surface area contributed by atoms with Crippen molar-refractivity contribution in [3.63, 3.8) is 0 Å². The van der Waals surface area contributed by atoms with Crippen LogP contribution in [0.1, 0.15) is 36.0 Å². The van der Waals surface area contributed by atoms with Crippen molar-refractivity contribution < 1.29 is 0 Å². The molecule has 0 unspecified atom stereocenters. The SMILES string of the molecule is CN=C(NCc1ccc(CN2CCCCC2)cc1)NCc1cccc2cccnc12. The first-order valence-electron chi connectivity index (χ1n) is 10.9. The van der Waals surface area contributed by atoms with Crippen LogP contribution in [0.5, 0.6) is 0 Å². The second kappa shape index (κ2) is 10.2. The minimum atomic E-state index is 0.683. The van der Waals surface area contributed by atoms with Crippen LogP contribution in [0.2, 0.25) is 0 Å². The second-order valence-electron chi connectivity index (χ2n) is 7.92. The van der Waals surface area contributed by atoms with E-state index in [1.165, 1.54) is 43.5 Å². The molecule has 0 atom stereocenters. The summed E-state index contributed by atoms with van der Waals surface area (Å²) in [5, 5.41) is 7.98. The van der Waals surface area contributed by atoms with Crippen molar-refractivity contribution >= 4 is 16.9 Å². The number of aromatic nitrogens is 1. The molecule has 1 aromatic heterocycles. The maximum atomic E-state index is 4.52. The molecule has 5 nitrogen and oxygen atoms in total. The largest absolute Gasteiger partial charge is 0.352 e. The molecule has 1 saturated heterocycles. The first-order valence-corrected chi connectivity index (χ1v) is 10.9. The van der Waals surface area contributed by atoms with Crippen molar-refractivity contribution in [2.24, 2.45) is 4.99 Å². The number of hydrogen-bond donors (Lipinski definition) is 2. The van der Waals surface area contributed by atoms with Gasteiger partial charge in [0.15, 0.2) is 5.96 Å². The molecule has 5 heteroatoms. The Hall–Kier alpha value is -2.92. The third kappa shape index (κ3) is 5.36. The van der Waals surface area contributed by atoms with E-state index < -0.39 is 0 Å². The summed E-state index contributed by atoms with van der Waals surface area (Å²) in [5.41, 5.74) is 4.85. The van der Waals surface area contributed by atoms with E-state index in [-0.39, 0.29) is 0 Å². The number of pyridine rings is 1. The normalized spacial score (nSPS) is 15.3. The lowest BCUT2D eigenvalue weighted by atomic mass is 10.1. The predicted molar refractivity (Wildman–Crippen MR) is 124 cm³/mol. The quantitative estimate of drug-likeness (QED) is 0.483. The van der Waals surface area contributed by atoms with Crippen LogP contribution >= 0.6 is 0 Å².